The molecule has 0 amide bonds. The molecule has 31 heavy (non-hydrogen) atoms. The van der Waals surface area contributed by atoms with Crippen LogP contribution in [0.5, 0.6) is 5.75 Å². The average Bonchev–Trinajstić information content (AvgIpc) is 3.11. The Bertz CT molecular complexity index is 1260. The molecule has 7 heteroatoms. The van der Waals surface area contributed by atoms with Gasteiger partial charge >= 0.3 is 0 Å². The molecule has 0 saturated heterocycles. The van der Waals surface area contributed by atoms with Crippen molar-refractivity contribution in [1.29, 1.82) is 0 Å². The molecule has 0 spiro atoms. The van der Waals surface area contributed by atoms with Gasteiger partial charge in [-0.2, -0.15) is 5.10 Å². The highest BCUT2D eigenvalue weighted by atomic mass is 32.2. The van der Waals surface area contributed by atoms with Crippen molar-refractivity contribution >= 4 is 22.8 Å². The topological polar surface area (TPSA) is 61.9 Å². The zero-order valence-corrected chi connectivity index (χ0v) is 19.1. The second-order valence-electron chi connectivity index (χ2n) is 7.51. The van der Waals surface area contributed by atoms with E-state index in [0.717, 1.165) is 22.8 Å². The lowest BCUT2D eigenvalue weighted by atomic mass is 10.2. The van der Waals surface area contributed by atoms with E-state index in [1.165, 1.54) is 11.1 Å². The van der Waals surface area contributed by atoms with Crippen LogP contribution in [0.2, 0.25) is 0 Å². The van der Waals surface area contributed by atoms with Gasteiger partial charge in [-0.25, -0.2) is 4.98 Å². The van der Waals surface area contributed by atoms with E-state index in [1.54, 1.807) is 28.1 Å². The Kier molecular flexibility index (Phi) is 6.13. The number of aryl methyl sites for hydroxylation is 3. The maximum atomic E-state index is 13.5. The standard InChI is InChI=1S/C24H26N4O2S/c1-5-28-22-21(17(3)26-28)25-24(31-15-19-8-6-16(2)7-9-19)27(23(22)29)14-18-10-12-20(30-4)13-11-18/h6-13H,5,14-15H2,1-4H3. The van der Waals surface area contributed by atoms with Crippen LogP contribution in [0.3, 0.4) is 0 Å². The van der Waals surface area contributed by atoms with Crippen molar-refractivity contribution in [3.05, 3.63) is 81.3 Å². The first-order chi connectivity index (χ1) is 15.0. The summed E-state index contributed by atoms with van der Waals surface area (Å²) in [6.45, 7) is 7.03. The van der Waals surface area contributed by atoms with Gasteiger partial charge in [-0.15, -0.1) is 0 Å². The molecule has 0 unspecified atom stereocenters. The number of methoxy groups -OCH3 is 1. The Morgan fingerprint density at radius 3 is 2.32 bits per heavy atom. The van der Waals surface area contributed by atoms with Crippen LogP contribution in [0.4, 0.5) is 0 Å². The first-order valence-electron chi connectivity index (χ1n) is 10.3. The molecule has 160 valence electrons. The molecule has 4 rings (SSSR count). The predicted molar refractivity (Wildman–Crippen MR) is 125 cm³/mol. The fraction of sp³-hybridized carbons (Fsp3) is 0.292. The first-order valence-corrected chi connectivity index (χ1v) is 11.3. The second-order valence-corrected chi connectivity index (χ2v) is 8.45. The number of benzene rings is 2. The fourth-order valence-electron chi connectivity index (χ4n) is 3.51. The Hall–Kier alpha value is -3.06. The van der Waals surface area contributed by atoms with Gasteiger partial charge in [0.2, 0.25) is 0 Å². The van der Waals surface area contributed by atoms with Crippen LogP contribution < -0.4 is 10.3 Å². The number of fused-ring (bicyclic) bond motifs is 1. The summed E-state index contributed by atoms with van der Waals surface area (Å²) in [6.07, 6.45) is 0. The van der Waals surface area contributed by atoms with Crippen LogP contribution in [0.15, 0.2) is 58.5 Å². The maximum Gasteiger partial charge on any atom is 0.280 e. The summed E-state index contributed by atoms with van der Waals surface area (Å²) in [7, 11) is 1.64. The summed E-state index contributed by atoms with van der Waals surface area (Å²) in [5.74, 6) is 1.53. The molecule has 0 fully saturated rings. The van der Waals surface area contributed by atoms with E-state index < -0.39 is 0 Å². The van der Waals surface area contributed by atoms with Gasteiger partial charge < -0.3 is 4.74 Å². The molecule has 0 saturated carbocycles. The minimum absolute atomic E-state index is 0.0605. The SMILES string of the molecule is CCn1nc(C)c2nc(SCc3ccc(C)cc3)n(Cc3ccc(OC)cc3)c(=O)c21. The molecule has 2 aromatic carbocycles. The highest BCUT2D eigenvalue weighted by molar-refractivity contribution is 7.98. The summed E-state index contributed by atoms with van der Waals surface area (Å²) < 4.78 is 8.77. The third-order valence-corrected chi connectivity index (χ3v) is 6.32. The van der Waals surface area contributed by atoms with Gasteiger partial charge in [0.1, 0.15) is 11.3 Å². The van der Waals surface area contributed by atoms with E-state index in [1.807, 2.05) is 38.1 Å². The lowest BCUT2D eigenvalue weighted by Gasteiger charge is -2.13. The van der Waals surface area contributed by atoms with Crippen molar-refractivity contribution < 1.29 is 4.74 Å². The van der Waals surface area contributed by atoms with Gasteiger partial charge in [-0.05, 0) is 44.0 Å². The molecule has 2 heterocycles. The molecule has 0 atom stereocenters. The minimum atomic E-state index is -0.0605. The summed E-state index contributed by atoms with van der Waals surface area (Å²) in [4.78, 5) is 18.4. The van der Waals surface area contributed by atoms with Gasteiger partial charge in [0.05, 0.1) is 19.3 Å². The Morgan fingerprint density at radius 2 is 1.68 bits per heavy atom. The maximum absolute atomic E-state index is 13.5. The highest BCUT2D eigenvalue weighted by Crippen LogP contribution is 2.24. The molecule has 0 aliphatic heterocycles. The Labute approximate surface area is 185 Å². The van der Waals surface area contributed by atoms with Gasteiger partial charge in [-0.1, -0.05) is 53.7 Å². The number of thioether (sulfide) groups is 1. The number of rotatable bonds is 7. The smallest absolute Gasteiger partial charge is 0.280 e. The third kappa shape index (κ3) is 4.37. The number of ether oxygens (including phenoxy) is 1. The quantitative estimate of drug-likeness (QED) is 0.315. The Balaban J connectivity index is 1.77. The van der Waals surface area contributed by atoms with E-state index in [0.29, 0.717) is 29.3 Å². The lowest BCUT2D eigenvalue weighted by molar-refractivity contribution is 0.414. The third-order valence-electron chi connectivity index (χ3n) is 5.27. The zero-order chi connectivity index (χ0) is 22.0. The number of nitrogens with zero attached hydrogens (tertiary/aromatic N) is 4. The van der Waals surface area contributed by atoms with E-state index in [2.05, 4.69) is 36.3 Å². The molecular formula is C24H26N4O2S. The van der Waals surface area contributed by atoms with Gasteiger partial charge in [0.15, 0.2) is 10.7 Å². The van der Waals surface area contributed by atoms with Crippen molar-refractivity contribution in [3.63, 3.8) is 0 Å². The van der Waals surface area contributed by atoms with Gasteiger partial charge in [0, 0.05) is 12.3 Å². The summed E-state index contributed by atoms with van der Waals surface area (Å²) in [6, 6.07) is 16.2. The van der Waals surface area contributed by atoms with E-state index in [-0.39, 0.29) is 5.56 Å². The van der Waals surface area contributed by atoms with Crippen LogP contribution in [-0.2, 0) is 18.8 Å². The van der Waals surface area contributed by atoms with Crippen molar-refractivity contribution in [2.24, 2.45) is 0 Å². The van der Waals surface area contributed by atoms with Crippen LogP contribution in [0, 0.1) is 13.8 Å². The Morgan fingerprint density at radius 1 is 1.00 bits per heavy atom. The molecule has 2 aromatic heterocycles. The van der Waals surface area contributed by atoms with Crippen molar-refractivity contribution in [3.8, 4) is 5.75 Å². The van der Waals surface area contributed by atoms with Crippen LogP contribution in [0.25, 0.3) is 11.0 Å². The number of hydrogen-bond acceptors (Lipinski definition) is 5. The van der Waals surface area contributed by atoms with Crippen LogP contribution >= 0.6 is 11.8 Å². The second kappa shape index (κ2) is 8.98. The minimum Gasteiger partial charge on any atom is -0.497 e. The van der Waals surface area contributed by atoms with Gasteiger partial charge in [0.25, 0.3) is 5.56 Å². The summed E-state index contributed by atoms with van der Waals surface area (Å²) in [5, 5.41) is 5.23. The van der Waals surface area contributed by atoms with Crippen LogP contribution in [0.1, 0.15) is 29.3 Å². The van der Waals surface area contributed by atoms with E-state index >= 15 is 0 Å². The molecule has 6 nitrogen and oxygen atoms in total. The molecule has 0 bridgehead atoms. The van der Waals surface area contributed by atoms with Crippen molar-refractivity contribution in [2.75, 3.05) is 7.11 Å². The average molecular weight is 435 g/mol. The molecule has 0 aliphatic rings. The highest BCUT2D eigenvalue weighted by Gasteiger charge is 2.18. The molecular weight excluding hydrogens is 408 g/mol. The van der Waals surface area contributed by atoms with E-state index in [4.69, 9.17) is 9.72 Å². The number of aromatic nitrogens is 4. The monoisotopic (exact) mass is 434 g/mol. The molecule has 0 aliphatic carbocycles. The normalized spacial score (nSPS) is 11.2. The zero-order valence-electron chi connectivity index (χ0n) is 18.3. The lowest BCUT2D eigenvalue weighted by Crippen LogP contribution is -2.25. The summed E-state index contributed by atoms with van der Waals surface area (Å²) in [5.41, 5.74) is 5.41. The molecule has 0 N–H and O–H groups in total. The molecule has 0 radical (unpaired) electrons. The predicted octanol–water partition coefficient (Wildman–Crippen LogP) is 4.58. The largest absolute Gasteiger partial charge is 0.497 e. The first kappa shape index (κ1) is 21.2. The summed E-state index contributed by atoms with van der Waals surface area (Å²) >= 11 is 1.58. The fourth-order valence-corrected chi connectivity index (χ4v) is 4.46. The molecule has 4 aromatic rings. The van der Waals surface area contributed by atoms with Crippen molar-refractivity contribution in [1.82, 2.24) is 19.3 Å². The number of hydrogen-bond donors (Lipinski definition) is 0. The van der Waals surface area contributed by atoms with Crippen molar-refractivity contribution in [2.45, 2.75) is 44.8 Å². The van der Waals surface area contributed by atoms with Gasteiger partial charge in [-0.3, -0.25) is 14.0 Å². The van der Waals surface area contributed by atoms with Crippen LogP contribution in [-0.4, -0.2) is 26.4 Å². The van der Waals surface area contributed by atoms with E-state index in [9.17, 15) is 4.79 Å².